The molecule has 5 heteroatoms. The van der Waals surface area contributed by atoms with Crippen LogP contribution in [0.2, 0.25) is 0 Å². The lowest BCUT2D eigenvalue weighted by atomic mass is 9.96. The summed E-state index contributed by atoms with van der Waals surface area (Å²) in [6.45, 7) is 7.79. The third-order valence-corrected chi connectivity index (χ3v) is 4.31. The second-order valence-corrected chi connectivity index (χ2v) is 5.96. The van der Waals surface area contributed by atoms with Gasteiger partial charge in [0.25, 0.3) is 0 Å². The highest BCUT2D eigenvalue weighted by atomic mass is 16.5. The average Bonchev–Trinajstić information content (AvgIpc) is 2.53. The molecule has 2 atom stereocenters. The number of carbonyl (C=O) groups excluding carboxylic acids is 1. The minimum atomic E-state index is -0.0685. The third kappa shape index (κ3) is 5.97. The molecule has 0 aromatic carbocycles. The molecule has 2 rings (SSSR count). The third-order valence-electron chi connectivity index (χ3n) is 4.31. The van der Waals surface area contributed by atoms with Crippen molar-refractivity contribution in [3.8, 4) is 0 Å². The van der Waals surface area contributed by atoms with Gasteiger partial charge in [0.15, 0.2) is 0 Å². The summed E-state index contributed by atoms with van der Waals surface area (Å²) in [7, 11) is 0. The Kier molecular flexibility index (Phi) is 7.74. The molecule has 5 nitrogen and oxygen atoms in total. The predicted molar refractivity (Wildman–Crippen MR) is 82.4 cm³/mol. The van der Waals surface area contributed by atoms with Crippen molar-refractivity contribution < 1.29 is 23.7 Å². The Hall–Kier alpha value is -1.07. The molecular weight excluding hydrogens is 284 g/mol. The van der Waals surface area contributed by atoms with Crippen LogP contribution in [0.25, 0.3) is 0 Å². The van der Waals surface area contributed by atoms with Crippen molar-refractivity contribution in [3.05, 3.63) is 12.3 Å². The Morgan fingerprint density at radius 3 is 2.14 bits per heavy atom. The zero-order valence-corrected chi connectivity index (χ0v) is 13.4. The minimum absolute atomic E-state index is 0.0204. The number of allylic oxidation sites excluding steroid dienone is 1. The fourth-order valence-electron chi connectivity index (χ4n) is 2.89. The molecule has 0 amide bonds. The predicted octanol–water partition coefficient (Wildman–Crippen LogP) is 2.69. The van der Waals surface area contributed by atoms with E-state index in [1.54, 1.807) is 0 Å². The van der Waals surface area contributed by atoms with E-state index in [2.05, 4.69) is 6.58 Å². The van der Waals surface area contributed by atoms with E-state index in [9.17, 15) is 4.79 Å². The monoisotopic (exact) mass is 312 g/mol. The van der Waals surface area contributed by atoms with Crippen LogP contribution in [-0.2, 0) is 23.7 Å². The summed E-state index contributed by atoms with van der Waals surface area (Å²) >= 11 is 0. The smallest absolute Gasteiger partial charge is 0.309 e. The van der Waals surface area contributed by atoms with Gasteiger partial charge >= 0.3 is 5.97 Å². The number of hydrogen-bond acceptors (Lipinski definition) is 5. The van der Waals surface area contributed by atoms with Crippen LogP contribution in [-0.4, -0.2) is 45.6 Å². The van der Waals surface area contributed by atoms with E-state index >= 15 is 0 Å². The quantitative estimate of drug-likeness (QED) is 0.484. The van der Waals surface area contributed by atoms with Crippen LogP contribution in [0.1, 0.15) is 38.5 Å². The maximum atomic E-state index is 11.5. The molecule has 0 spiro atoms. The highest BCUT2D eigenvalue weighted by Crippen LogP contribution is 2.25. The number of rotatable bonds is 9. The summed E-state index contributed by atoms with van der Waals surface area (Å²) in [5.41, 5.74) is 0. The Morgan fingerprint density at radius 1 is 0.909 bits per heavy atom. The second-order valence-electron chi connectivity index (χ2n) is 5.96. The largest absolute Gasteiger partial charge is 0.498 e. The molecular formula is C17H28O5. The molecule has 2 aliphatic rings. The number of hydrogen-bond donors (Lipinski definition) is 0. The summed E-state index contributed by atoms with van der Waals surface area (Å²) in [5, 5.41) is 0. The first kappa shape index (κ1) is 17.3. The van der Waals surface area contributed by atoms with Crippen molar-refractivity contribution in [3.63, 3.8) is 0 Å². The number of cyclic esters (lactones) is 1. The lowest BCUT2D eigenvalue weighted by Gasteiger charge is -2.24. The van der Waals surface area contributed by atoms with E-state index in [-0.39, 0.29) is 11.9 Å². The van der Waals surface area contributed by atoms with Crippen molar-refractivity contribution in [2.45, 2.75) is 38.5 Å². The van der Waals surface area contributed by atoms with Gasteiger partial charge in [-0.15, -0.1) is 0 Å². The van der Waals surface area contributed by atoms with Crippen LogP contribution in [0.3, 0.4) is 0 Å². The van der Waals surface area contributed by atoms with Gasteiger partial charge in [-0.25, -0.2) is 0 Å². The SMILES string of the molecule is C=C1OCCCC1CCOCCOCCC1CCCOC1=O. The normalized spacial score (nSPS) is 25.6. The highest BCUT2D eigenvalue weighted by molar-refractivity contribution is 5.72. The summed E-state index contributed by atoms with van der Waals surface area (Å²) < 4.78 is 21.6. The van der Waals surface area contributed by atoms with Crippen molar-refractivity contribution in [2.75, 3.05) is 39.6 Å². The molecule has 126 valence electrons. The van der Waals surface area contributed by atoms with E-state index < -0.39 is 0 Å². The van der Waals surface area contributed by atoms with Gasteiger partial charge in [-0.3, -0.25) is 4.79 Å². The zero-order valence-electron chi connectivity index (χ0n) is 13.4. The highest BCUT2D eigenvalue weighted by Gasteiger charge is 2.23. The average molecular weight is 312 g/mol. The summed E-state index contributed by atoms with van der Waals surface area (Å²) in [5.74, 6) is 1.30. The molecule has 0 saturated carbocycles. The second kappa shape index (κ2) is 9.85. The molecule has 0 radical (unpaired) electrons. The topological polar surface area (TPSA) is 54.0 Å². The fraction of sp³-hybridized carbons (Fsp3) is 0.824. The maximum absolute atomic E-state index is 11.5. The van der Waals surface area contributed by atoms with E-state index in [1.807, 2.05) is 0 Å². The van der Waals surface area contributed by atoms with Gasteiger partial charge in [-0.2, -0.15) is 0 Å². The molecule has 0 bridgehead atoms. The van der Waals surface area contributed by atoms with Crippen LogP contribution in [0.4, 0.5) is 0 Å². The van der Waals surface area contributed by atoms with Gasteiger partial charge in [0.1, 0.15) is 0 Å². The first-order valence-corrected chi connectivity index (χ1v) is 8.41. The van der Waals surface area contributed by atoms with E-state index in [4.69, 9.17) is 18.9 Å². The molecule has 2 saturated heterocycles. The van der Waals surface area contributed by atoms with Crippen LogP contribution in [0, 0.1) is 11.8 Å². The maximum Gasteiger partial charge on any atom is 0.309 e. The molecule has 2 heterocycles. The molecule has 0 aromatic heterocycles. The van der Waals surface area contributed by atoms with Gasteiger partial charge in [-0.1, -0.05) is 6.58 Å². The standard InChI is InChI=1S/C17H28O5/c1-14-15(4-2-8-21-14)6-10-19-12-13-20-11-7-16-5-3-9-22-17(16)18/h15-16H,1-13H2. The first-order valence-electron chi connectivity index (χ1n) is 8.41. The molecule has 0 N–H and O–H groups in total. The Balaban J connectivity index is 1.41. The van der Waals surface area contributed by atoms with E-state index in [0.717, 1.165) is 50.9 Å². The van der Waals surface area contributed by atoms with Gasteiger partial charge in [0.2, 0.25) is 0 Å². The van der Waals surface area contributed by atoms with Crippen LogP contribution in [0.5, 0.6) is 0 Å². The van der Waals surface area contributed by atoms with Crippen molar-refractivity contribution in [1.82, 2.24) is 0 Å². The fourth-order valence-corrected chi connectivity index (χ4v) is 2.89. The van der Waals surface area contributed by atoms with E-state index in [0.29, 0.717) is 39.0 Å². The van der Waals surface area contributed by atoms with Crippen LogP contribution in [0.15, 0.2) is 12.3 Å². The summed E-state index contributed by atoms with van der Waals surface area (Å²) in [4.78, 5) is 11.5. The molecule has 22 heavy (non-hydrogen) atoms. The van der Waals surface area contributed by atoms with Crippen molar-refractivity contribution in [2.24, 2.45) is 11.8 Å². The first-order chi connectivity index (χ1) is 10.8. The van der Waals surface area contributed by atoms with Gasteiger partial charge in [-0.05, 0) is 38.5 Å². The van der Waals surface area contributed by atoms with Gasteiger partial charge < -0.3 is 18.9 Å². The van der Waals surface area contributed by atoms with E-state index in [1.165, 1.54) is 0 Å². The number of esters is 1. The molecule has 2 unspecified atom stereocenters. The summed E-state index contributed by atoms with van der Waals surface area (Å²) in [6.07, 6.45) is 5.86. The Bertz CT molecular complexity index is 321. The molecule has 2 fully saturated rings. The lowest BCUT2D eigenvalue weighted by molar-refractivity contribution is -0.153. The number of ether oxygens (including phenoxy) is 4. The van der Waals surface area contributed by atoms with Crippen LogP contribution >= 0.6 is 0 Å². The zero-order chi connectivity index (χ0) is 15.6. The van der Waals surface area contributed by atoms with Gasteiger partial charge in [0.05, 0.1) is 38.1 Å². The Labute approximate surface area is 132 Å². The number of carbonyl (C=O) groups is 1. The molecule has 0 aliphatic carbocycles. The van der Waals surface area contributed by atoms with Crippen molar-refractivity contribution in [1.29, 1.82) is 0 Å². The van der Waals surface area contributed by atoms with Gasteiger partial charge in [0, 0.05) is 19.1 Å². The molecule has 0 aromatic rings. The lowest BCUT2D eigenvalue weighted by Crippen LogP contribution is -2.25. The summed E-state index contributed by atoms with van der Waals surface area (Å²) in [6, 6.07) is 0. The van der Waals surface area contributed by atoms with Crippen molar-refractivity contribution >= 4 is 5.97 Å². The Morgan fingerprint density at radius 2 is 1.50 bits per heavy atom. The molecule has 2 aliphatic heterocycles. The van der Waals surface area contributed by atoms with Crippen LogP contribution < -0.4 is 0 Å². The minimum Gasteiger partial charge on any atom is -0.498 e.